The summed E-state index contributed by atoms with van der Waals surface area (Å²) >= 11 is 0. The number of carbonyl (C=O) groups is 4. The molecule has 3 heterocycles. The van der Waals surface area contributed by atoms with Crippen molar-refractivity contribution in [1.82, 2.24) is 4.90 Å². The number of nitrogen functional groups attached to an aromatic ring is 1. The van der Waals surface area contributed by atoms with E-state index in [1.807, 2.05) is 48.5 Å². The Bertz CT molecular complexity index is 2210. The Morgan fingerprint density at radius 2 is 1.68 bits per heavy atom. The molecule has 0 unspecified atom stereocenters. The Morgan fingerprint density at radius 1 is 0.966 bits per heavy atom. The number of hydrogen-bond acceptors (Lipinski definition) is 9. The topological polar surface area (TPSA) is 161 Å². The number of hydrogen-bond donors (Lipinski definition) is 3. The highest BCUT2D eigenvalue weighted by molar-refractivity contribution is 6.91. The summed E-state index contributed by atoms with van der Waals surface area (Å²) in [4.78, 5) is 58.9. The summed E-state index contributed by atoms with van der Waals surface area (Å²) in [5.41, 5.74) is 9.06. The van der Waals surface area contributed by atoms with Crippen molar-refractivity contribution in [3.8, 4) is 5.75 Å². The van der Waals surface area contributed by atoms with Crippen molar-refractivity contribution < 1.29 is 38.5 Å². The van der Waals surface area contributed by atoms with Crippen molar-refractivity contribution in [2.24, 2.45) is 5.92 Å². The number of esters is 1. The smallest absolute Gasteiger partial charge is 0.305 e. The number of anilines is 3. The van der Waals surface area contributed by atoms with Gasteiger partial charge in [0.2, 0.25) is 5.91 Å². The number of aliphatic hydroxyl groups is 1. The lowest BCUT2D eigenvalue weighted by Crippen LogP contribution is -2.52. The van der Waals surface area contributed by atoms with E-state index in [-0.39, 0.29) is 48.7 Å². The molecule has 4 aromatic rings. The van der Waals surface area contributed by atoms with Gasteiger partial charge in [-0.05, 0) is 90.5 Å². The zero-order chi connectivity index (χ0) is 42.1. The van der Waals surface area contributed by atoms with Crippen LogP contribution in [0.2, 0.25) is 18.6 Å². The summed E-state index contributed by atoms with van der Waals surface area (Å²) in [5, 5.41) is 14.7. The van der Waals surface area contributed by atoms with Crippen LogP contribution in [0.1, 0.15) is 59.7 Å². The van der Waals surface area contributed by atoms with Gasteiger partial charge in [0, 0.05) is 47.9 Å². The van der Waals surface area contributed by atoms with Gasteiger partial charge in [-0.1, -0.05) is 61.6 Å². The molecule has 5 atom stereocenters. The molecule has 3 aliphatic heterocycles. The number of fused-ring (bicyclic) bond motifs is 3. The molecule has 0 radical (unpaired) electrons. The van der Waals surface area contributed by atoms with Crippen LogP contribution in [0, 0.1) is 5.92 Å². The fourth-order valence-electron chi connectivity index (χ4n) is 9.62. The number of nitrogens with one attached hydrogen (secondary N) is 1. The van der Waals surface area contributed by atoms with Gasteiger partial charge < -0.3 is 40.2 Å². The maximum Gasteiger partial charge on any atom is 0.305 e. The van der Waals surface area contributed by atoms with Crippen molar-refractivity contribution in [3.05, 3.63) is 113 Å². The highest BCUT2D eigenvalue weighted by Gasteiger charge is 2.66. The Morgan fingerprint density at radius 3 is 2.36 bits per heavy atom. The number of ether oxygens (including phenoxy) is 3. The molecule has 3 amide bonds. The van der Waals surface area contributed by atoms with Crippen LogP contribution in [-0.4, -0.2) is 81.3 Å². The average Bonchev–Trinajstić information content (AvgIpc) is 3.67. The fraction of sp³-hybridized carbons (Fsp3) is 0.391. The van der Waals surface area contributed by atoms with Crippen LogP contribution in [0.15, 0.2) is 91.0 Å². The molecule has 0 bridgehead atoms. The second-order valence-corrected chi connectivity index (χ2v) is 21.2. The quantitative estimate of drug-likeness (QED) is 0.0659. The summed E-state index contributed by atoms with van der Waals surface area (Å²) in [5.74, 6) is -0.708. The van der Waals surface area contributed by atoms with Crippen LogP contribution in [0.25, 0.3) is 0 Å². The molecule has 12 nitrogen and oxygen atoms in total. The van der Waals surface area contributed by atoms with E-state index < -0.39 is 31.7 Å². The third-order valence-electron chi connectivity index (χ3n) is 12.8. The lowest BCUT2D eigenvalue weighted by molar-refractivity contribution is -0.151. The standard InChI is InChI=1S/C46H54N4O8Si/c1-29-43(59(4,5)37-20-18-36(56-2)19-21-37)40(26-41(52)50-27-32-11-7-6-10-31(32)24-35(50)28-51)58-46(29)38-25-34(48-44(54)30-13-15-33(47)16-14-30)17-22-39(38)49(45(46)55)23-9-8-12-42(53)57-3/h6-7,10-11,13-22,25,29,35,40,43,51H,8-9,12,23-24,26-28,47H2,1-5H3,(H,48,54)/t29-,35-,40+,43-,46+/m0/s1. The minimum atomic E-state index is -2.61. The first-order valence-electron chi connectivity index (χ1n) is 20.3. The van der Waals surface area contributed by atoms with Crippen LogP contribution in [0.4, 0.5) is 17.1 Å². The van der Waals surface area contributed by atoms with Crippen LogP contribution < -0.4 is 25.9 Å². The number of amides is 3. The summed E-state index contributed by atoms with van der Waals surface area (Å²) in [6, 6.07) is 27.7. The molecule has 0 aliphatic carbocycles. The Labute approximate surface area is 346 Å². The molecule has 1 spiro atoms. The number of benzene rings is 4. The second-order valence-electron chi connectivity index (χ2n) is 16.5. The molecule has 1 saturated heterocycles. The second kappa shape index (κ2) is 17.0. The van der Waals surface area contributed by atoms with Gasteiger partial charge in [-0.25, -0.2) is 0 Å². The predicted octanol–water partition coefficient (Wildman–Crippen LogP) is 5.77. The Hall–Kier alpha value is -5.50. The maximum atomic E-state index is 15.3. The van der Waals surface area contributed by atoms with Crippen molar-refractivity contribution >= 4 is 54.0 Å². The van der Waals surface area contributed by atoms with Crippen LogP contribution in [-0.2, 0) is 42.4 Å². The van der Waals surface area contributed by atoms with Crippen LogP contribution in [0.3, 0.4) is 0 Å². The van der Waals surface area contributed by atoms with Gasteiger partial charge in [-0.2, -0.15) is 0 Å². The van der Waals surface area contributed by atoms with Gasteiger partial charge in [0.1, 0.15) is 5.75 Å². The third kappa shape index (κ3) is 7.86. The van der Waals surface area contributed by atoms with E-state index in [9.17, 15) is 19.5 Å². The first kappa shape index (κ1) is 41.6. The summed E-state index contributed by atoms with van der Waals surface area (Å²) in [6.07, 6.45) is 1.17. The van der Waals surface area contributed by atoms with Gasteiger partial charge in [0.05, 0.1) is 53.2 Å². The number of carbonyl (C=O) groups excluding carboxylic acids is 4. The van der Waals surface area contributed by atoms with Gasteiger partial charge in [0.15, 0.2) is 5.60 Å². The van der Waals surface area contributed by atoms with E-state index in [1.165, 1.54) is 7.11 Å². The zero-order valence-electron chi connectivity index (χ0n) is 34.4. The van der Waals surface area contributed by atoms with E-state index in [4.69, 9.17) is 19.9 Å². The van der Waals surface area contributed by atoms with Crippen molar-refractivity contribution in [1.29, 1.82) is 0 Å². The van der Waals surface area contributed by atoms with E-state index in [2.05, 4.69) is 37.5 Å². The SMILES string of the molecule is COC(=O)CCCCN1C(=O)[C@]2(O[C@H](CC(=O)N3Cc4ccccc4C[C@H]3CO)[C@@H]([Si](C)(C)c3ccc(OC)cc3)[C@@H]2C)c2cc(NC(=O)c3ccc(N)cc3)ccc21. The van der Waals surface area contributed by atoms with Gasteiger partial charge >= 0.3 is 5.97 Å². The van der Waals surface area contributed by atoms with E-state index in [0.717, 1.165) is 22.1 Å². The first-order chi connectivity index (χ1) is 28.3. The monoisotopic (exact) mass is 818 g/mol. The zero-order valence-corrected chi connectivity index (χ0v) is 35.4. The molecular formula is C46H54N4O8Si. The molecule has 13 heteroatoms. The Kier molecular flexibility index (Phi) is 12.0. The minimum absolute atomic E-state index is 0.0112. The average molecular weight is 819 g/mol. The van der Waals surface area contributed by atoms with Crippen LogP contribution in [0.5, 0.6) is 5.75 Å². The number of nitrogens with zero attached hydrogens (tertiary/aromatic N) is 2. The number of nitrogens with two attached hydrogens (primary N) is 1. The van der Waals surface area contributed by atoms with Gasteiger partial charge in [0.25, 0.3) is 11.8 Å². The van der Waals surface area contributed by atoms with Gasteiger partial charge in [-0.15, -0.1) is 0 Å². The first-order valence-corrected chi connectivity index (χ1v) is 23.4. The summed E-state index contributed by atoms with van der Waals surface area (Å²) in [7, 11) is 0.375. The number of methoxy groups -OCH3 is 2. The van der Waals surface area contributed by atoms with Gasteiger partial charge in [-0.3, -0.25) is 19.2 Å². The molecule has 4 N–H and O–H groups in total. The highest BCUT2D eigenvalue weighted by atomic mass is 28.3. The van der Waals surface area contributed by atoms with E-state index >= 15 is 4.79 Å². The molecule has 3 aliphatic rings. The van der Waals surface area contributed by atoms with E-state index in [0.29, 0.717) is 60.5 Å². The van der Waals surface area contributed by atoms with Crippen molar-refractivity contribution in [2.45, 2.75) is 82.0 Å². The normalized spacial score (nSPS) is 22.2. The maximum absolute atomic E-state index is 15.3. The number of aliphatic hydroxyl groups excluding tert-OH is 1. The van der Waals surface area contributed by atoms with Crippen molar-refractivity contribution in [3.63, 3.8) is 0 Å². The lowest BCUT2D eigenvalue weighted by atomic mass is 9.82. The third-order valence-corrected chi connectivity index (χ3v) is 17.1. The highest BCUT2D eigenvalue weighted by Crippen LogP contribution is 2.60. The minimum Gasteiger partial charge on any atom is -0.497 e. The Balaban J connectivity index is 1.29. The number of rotatable bonds is 13. The fourth-order valence-corrected chi connectivity index (χ4v) is 13.6. The molecule has 310 valence electrons. The molecule has 4 aromatic carbocycles. The lowest BCUT2D eigenvalue weighted by Gasteiger charge is -2.39. The largest absolute Gasteiger partial charge is 0.497 e. The summed E-state index contributed by atoms with van der Waals surface area (Å²) in [6.45, 7) is 7.11. The van der Waals surface area contributed by atoms with Crippen molar-refractivity contribution in [2.75, 3.05) is 43.3 Å². The molecule has 0 aromatic heterocycles. The number of unbranched alkanes of at least 4 members (excludes halogenated alkanes) is 1. The molecule has 7 rings (SSSR count). The molecule has 0 saturated carbocycles. The van der Waals surface area contributed by atoms with Crippen LogP contribution >= 0.6 is 0 Å². The van der Waals surface area contributed by atoms with E-state index in [1.54, 1.807) is 47.2 Å². The molecule has 59 heavy (non-hydrogen) atoms. The molecule has 1 fully saturated rings. The molecular weight excluding hydrogens is 765 g/mol. The predicted molar refractivity (Wildman–Crippen MR) is 229 cm³/mol. The summed E-state index contributed by atoms with van der Waals surface area (Å²) < 4.78 is 17.6.